The minimum absolute atomic E-state index is 0.0468. The van der Waals surface area contributed by atoms with Crippen LogP contribution in [0.4, 0.5) is 20.4 Å². The number of fused-ring (bicyclic) bond motifs is 1. The van der Waals surface area contributed by atoms with Crippen LogP contribution in [0.25, 0.3) is 11.1 Å². The summed E-state index contributed by atoms with van der Waals surface area (Å²) in [5.74, 6) is -0.171. The molecule has 1 atom stereocenters. The average molecular weight is 529 g/mol. The van der Waals surface area contributed by atoms with Gasteiger partial charge in [-0.25, -0.2) is 18.4 Å². The van der Waals surface area contributed by atoms with Crippen molar-refractivity contribution in [2.24, 2.45) is 7.05 Å². The SMILES string of the molecule is COC[C@H]1Cn2cc(-c3cc(Nc4c(F)cnn4C)ncc3Cl)cc2CN1Cc1cc(F)ccc1CO. The van der Waals surface area contributed by atoms with Crippen LogP contribution in [0.3, 0.4) is 0 Å². The van der Waals surface area contributed by atoms with Crippen molar-refractivity contribution in [3.05, 3.63) is 82.4 Å². The second-order valence-corrected chi connectivity index (χ2v) is 9.50. The molecule has 0 amide bonds. The van der Waals surface area contributed by atoms with Crippen LogP contribution in [-0.4, -0.2) is 49.1 Å². The second kappa shape index (κ2) is 10.6. The fourth-order valence-electron chi connectivity index (χ4n) is 4.74. The van der Waals surface area contributed by atoms with Gasteiger partial charge in [-0.05, 0) is 35.4 Å². The Hall–Kier alpha value is -3.31. The Kier molecular flexibility index (Phi) is 7.25. The average Bonchev–Trinajstić information content (AvgIpc) is 3.43. The molecule has 1 aromatic carbocycles. The van der Waals surface area contributed by atoms with Gasteiger partial charge in [-0.15, -0.1) is 0 Å². The summed E-state index contributed by atoms with van der Waals surface area (Å²) in [6, 6.07) is 8.34. The van der Waals surface area contributed by atoms with Crippen molar-refractivity contribution in [1.29, 1.82) is 0 Å². The van der Waals surface area contributed by atoms with Gasteiger partial charge in [0.05, 0.1) is 30.5 Å². The summed E-state index contributed by atoms with van der Waals surface area (Å²) < 4.78 is 37.1. The summed E-state index contributed by atoms with van der Waals surface area (Å²) in [6.45, 7) is 2.09. The van der Waals surface area contributed by atoms with Gasteiger partial charge in [0.15, 0.2) is 11.6 Å². The Morgan fingerprint density at radius 1 is 1.19 bits per heavy atom. The number of hydrogen-bond donors (Lipinski definition) is 2. The molecular weight excluding hydrogens is 502 g/mol. The number of pyridine rings is 1. The third-order valence-electron chi connectivity index (χ3n) is 6.65. The van der Waals surface area contributed by atoms with Gasteiger partial charge < -0.3 is 19.7 Å². The summed E-state index contributed by atoms with van der Waals surface area (Å²) in [7, 11) is 3.30. The molecule has 4 heterocycles. The molecule has 0 unspecified atom stereocenters. The predicted octanol–water partition coefficient (Wildman–Crippen LogP) is 4.48. The number of anilines is 2. The molecule has 0 spiro atoms. The van der Waals surface area contributed by atoms with E-state index in [-0.39, 0.29) is 24.3 Å². The van der Waals surface area contributed by atoms with Crippen LogP contribution in [0, 0.1) is 11.6 Å². The fourth-order valence-corrected chi connectivity index (χ4v) is 4.95. The van der Waals surface area contributed by atoms with E-state index in [9.17, 15) is 13.9 Å². The first kappa shape index (κ1) is 25.3. The van der Waals surface area contributed by atoms with Crippen molar-refractivity contribution in [3.63, 3.8) is 0 Å². The van der Waals surface area contributed by atoms with Gasteiger partial charge in [0.2, 0.25) is 0 Å². The lowest BCUT2D eigenvalue weighted by molar-refractivity contribution is 0.0536. The van der Waals surface area contributed by atoms with E-state index < -0.39 is 5.82 Å². The van der Waals surface area contributed by atoms with E-state index in [4.69, 9.17) is 16.3 Å². The number of aliphatic hydroxyl groups is 1. The molecule has 11 heteroatoms. The molecule has 1 aliphatic heterocycles. The van der Waals surface area contributed by atoms with Gasteiger partial charge in [-0.3, -0.25) is 4.90 Å². The molecule has 0 fully saturated rings. The van der Waals surface area contributed by atoms with E-state index >= 15 is 0 Å². The Bertz CT molecular complexity index is 1400. The summed E-state index contributed by atoms with van der Waals surface area (Å²) in [4.78, 5) is 6.51. The molecule has 0 radical (unpaired) electrons. The Labute approximate surface area is 218 Å². The third-order valence-corrected chi connectivity index (χ3v) is 6.95. The number of benzene rings is 1. The first-order chi connectivity index (χ1) is 17.9. The molecule has 0 bridgehead atoms. The Balaban J connectivity index is 1.43. The Morgan fingerprint density at radius 2 is 2.03 bits per heavy atom. The molecule has 194 valence electrons. The number of rotatable bonds is 8. The maximum Gasteiger partial charge on any atom is 0.185 e. The van der Waals surface area contributed by atoms with Gasteiger partial charge in [0.1, 0.15) is 11.6 Å². The van der Waals surface area contributed by atoms with Crippen molar-refractivity contribution in [3.8, 4) is 11.1 Å². The molecular formula is C26H27ClF2N6O2. The van der Waals surface area contributed by atoms with E-state index in [2.05, 4.69) is 30.9 Å². The van der Waals surface area contributed by atoms with Crippen LogP contribution >= 0.6 is 11.6 Å². The summed E-state index contributed by atoms with van der Waals surface area (Å²) in [5.41, 5.74) is 4.16. The lowest BCUT2D eigenvalue weighted by Gasteiger charge is -2.36. The van der Waals surface area contributed by atoms with Gasteiger partial charge in [0, 0.05) is 63.0 Å². The highest BCUT2D eigenvalue weighted by atomic mass is 35.5. The maximum absolute atomic E-state index is 14.1. The largest absolute Gasteiger partial charge is 0.392 e. The molecule has 3 aromatic heterocycles. The highest BCUT2D eigenvalue weighted by Crippen LogP contribution is 2.34. The van der Waals surface area contributed by atoms with Crippen LogP contribution in [0.1, 0.15) is 16.8 Å². The van der Waals surface area contributed by atoms with Crippen molar-refractivity contribution in [2.75, 3.05) is 19.0 Å². The lowest BCUT2D eigenvalue weighted by atomic mass is 10.0. The highest BCUT2D eigenvalue weighted by molar-refractivity contribution is 6.33. The summed E-state index contributed by atoms with van der Waals surface area (Å²) in [6.07, 6.45) is 4.70. The van der Waals surface area contributed by atoms with Crippen LogP contribution in [-0.2, 0) is 38.0 Å². The van der Waals surface area contributed by atoms with Gasteiger partial charge in [0.25, 0.3) is 0 Å². The molecule has 37 heavy (non-hydrogen) atoms. The topological polar surface area (TPSA) is 80.4 Å². The molecule has 1 aliphatic rings. The number of aliphatic hydroxyl groups excluding tert-OH is 1. The smallest absolute Gasteiger partial charge is 0.185 e. The molecule has 4 aromatic rings. The number of hydrogen-bond acceptors (Lipinski definition) is 6. The monoisotopic (exact) mass is 528 g/mol. The number of nitrogens with one attached hydrogen (secondary N) is 1. The number of ether oxygens (including phenoxy) is 1. The quantitative estimate of drug-likeness (QED) is 0.351. The first-order valence-corrected chi connectivity index (χ1v) is 12.1. The molecule has 0 saturated heterocycles. The lowest BCUT2D eigenvalue weighted by Crippen LogP contribution is -2.44. The third kappa shape index (κ3) is 5.24. The van der Waals surface area contributed by atoms with Crippen molar-refractivity contribution >= 4 is 23.2 Å². The fraction of sp³-hybridized carbons (Fsp3) is 0.308. The van der Waals surface area contributed by atoms with Crippen LogP contribution in [0.15, 0.2) is 48.9 Å². The predicted molar refractivity (Wildman–Crippen MR) is 136 cm³/mol. The Morgan fingerprint density at radius 3 is 2.76 bits per heavy atom. The summed E-state index contributed by atoms with van der Waals surface area (Å²) in [5, 5.41) is 17.1. The molecule has 2 N–H and O–H groups in total. The minimum atomic E-state index is -0.480. The minimum Gasteiger partial charge on any atom is -0.392 e. The zero-order chi connectivity index (χ0) is 26.1. The van der Waals surface area contributed by atoms with Gasteiger partial charge >= 0.3 is 0 Å². The molecule has 8 nitrogen and oxygen atoms in total. The molecule has 0 aliphatic carbocycles. The van der Waals surface area contributed by atoms with Gasteiger partial charge in [-0.1, -0.05) is 17.7 Å². The second-order valence-electron chi connectivity index (χ2n) is 9.10. The van der Waals surface area contributed by atoms with Crippen molar-refractivity contribution in [1.82, 2.24) is 24.2 Å². The molecule has 5 rings (SSSR count). The van der Waals surface area contributed by atoms with Gasteiger partial charge in [-0.2, -0.15) is 5.10 Å². The van der Waals surface area contributed by atoms with Crippen molar-refractivity contribution < 1.29 is 18.6 Å². The van der Waals surface area contributed by atoms with E-state index in [1.54, 1.807) is 26.3 Å². The van der Waals surface area contributed by atoms with E-state index in [1.807, 2.05) is 6.20 Å². The van der Waals surface area contributed by atoms with Crippen LogP contribution < -0.4 is 5.32 Å². The maximum atomic E-state index is 14.1. The van der Waals surface area contributed by atoms with Crippen LogP contribution in [0.5, 0.6) is 0 Å². The standard InChI is InChI=1S/C26H27ClF2N6O2/c1-33-26(24(29)9-31-33)32-25-7-22(23(27)8-30-25)18-6-20-12-35(21(15-37-2)13-34(20)11-18)10-17-5-19(28)4-3-16(17)14-36/h3-9,11,21,36H,10,12-15H2,1-2H3,(H,30,32)/t21-/m1/s1. The van der Waals surface area contributed by atoms with Crippen LogP contribution in [0.2, 0.25) is 5.02 Å². The van der Waals surface area contributed by atoms with E-state index in [1.165, 1.54) is 23.0 Å². The first-order valence-electron chi connectivity index (χ1n) is 11.8. The number of aryl methyl sites for hydroxylation is 1. The number of halogens is 3. The number of nitrogens with zero attached hydrogens (tertiary/aromatic N) is 5. The van der Waals surface area contributed by atoms with E-state index in [0.717, 1.165) is 28.6 Å². The number of aromatic nitrogens is 4. The molecule has 0 saturated carbocycles. The normalized spacial score (nSPS) is 15.7. The summed E-state index contributed by atoms with van der Waals surface area (Å²) >= 11 is 6.52. The van der Waals surface area contributed by atoms with Crippen molar-refractivity contribution in [2.45, 2.75) is 32.3 Å². The zero-order valence-electron chi connectivity index (χ0n) is 20.5. The zero-order valence-corrected chi connectivity index (χ0v) is 21.2. The number of methoxy groups -OCH3 is 1. The van der Waals surface area contributed by atoms with E-state index in [0.29, 0.717) is 42.6 Å². The highest BCUT2D eigenvalue weighted by Gasteiger charge is 2.28.